The molecule has 0 aliphatic carbocycles. The molecule has 21 heavy (non-hydrogen) atoms. The largest absolute Gasteiger partial charge is 0.366 e. The summed E-state index contributed by atoms with van der Waals surface area (Å²) in [5.74, 6) is 0.295. The lowest BCUT2D eigenvalue weighted by molar-refractivity contribution is 0.0828. The van der Waals surface area contributed by atoms with Crippen LogP contribution in [-0.4, -0.2) is 40.1 Å². The van der Waals surface area contributed by atoms with Gasteiger partial charge in [-0.25, -0.2) is 8.78 Å². The summed E-state index contributed by atoms with van der Waals surface area (Å²) in [6, 6.07) is 2.84. The van der Waals surface area contributed by atoms with Crippen LogP contribution in [0, 0.1) is 0 Å². The average Bonchev–Trinajstić information content (AvgIpc) is 2.92. The lowest BCUT2D eigenvalue weighted by atomic mass is 10.2. The van der Waals surface area contributed by atoms with Crippen LogP contribution in [0.3, 0.4) is 0 Å². The number of alkyl halides is 2. The van der Waals surface area contributed by atoms with Gasteiger partial charge in [0.15, 0.2) is 0 Å². The first-order chi connectivity index (χ1) is 9.99. The molecule has 8 heteroatoms. The van der Waals surface area contributed by atoms with E-state index < -0.39 is 6.43 Å². The van der Waals surface area contributed by atoms with Crippen LogP contribution < -0.4 is 5.32 Å². The second kappa shape index (κ2) is 6.29. The van der Waals surface area contributed by atoms with E-state index in [2.05, 4.69) is 20.5 Å². The summed E-state index contributed by atoms with van der Waals surface area (Å²) in [5.41, 5.74) is 0.873. The van der Waals surface area contributed by atoms with Gasteiger partial charge >= 0.3 is 0 Å². The molecule has 112 valence electrons. The lowest BCUT2D eigenvalue weighted by Crippen LogP contribution is -2.22. The van der Waals surface area contributed by atoms with Crippen molar-refractivity contribution in [2.24, 2.45) is 0 Å². The van der Waals surface area contributed by atoms with Gasteiger partial charge in [-0.3, -0.25) is 14.9 Å². The van der Waals surface area contributed by atoms with Crippen LogP contribution in [0.2, 0.25) is 0 Å². The molecule has 0 atom stereocenters. The van der Waals surface area contributed by atoms with Crippen LogP contribution in [0.5, 0.6) is 0 Å². The van der Waals surface area contributed by atoms with E-state index in [-0.39, 0.29) is 11.6 Å². The Hall–Kier alpha value is -2.51. The highest BCUT2D eigenvalue weighted by Gasteiger charge is 2.15. The van der Waals surface area contributed by atoms with Gasteiger partial charge in [0.25, 0.3) is 12.3 Å². The van der Waals surface area contributed by atoms with Crippen LogP contribution in [-0.2, 0) is 6.54 Å². The number of amides is 1. The fourth-order valence-corrected chi connectivity index (χ4v) is 1.68. The highest BCUT2D eigenvalue weighted by Crippen LogP contribution is 2.17. The number of carbonyl (C=O) groups excluding carboxylic acids is 1. The summed E-state index contributed by atoms with van der Waals surface area (Å²) in [4.78, 5) is 17.0. The Kier molecular flexibility index (Phi) is 4.46. The summed E-state index contributed by atoms with van der Waals surface area (Å²) >= 11 is 0. The van der Waals surface area contributed by atoms with E-state index in [1.54, 1.807) is 20.2 Å². The van der Waals surface area contributed by atoms with Crippen molar-refractivity contribution >= 4 is 11.7 Å². The normalized spacial score (nSPS) is 10.7. The SMILES string of the molecule is CN(C)C(=O)c1cn[nH]c1NCc1ccc(C(F)F)nc1. The maximum atomic E-state index is 12.4. The van der Waals surface area contributed by atoms with Crippen molar-refractivity contribution in [1.82, 2.24) is 20.1 Å². The van der Waals surface area contributed by atoms with Gasteiger partial charge in [0, 0.05) is 26.8 Å². The monoisotopic (exact) mass is 295 g/mol. The zero-order valence-electron chi connectivity index (χ0n) is 11.6. The van der Waals surface area contributed by atoms with Gasteiger partial charge in [-0.1, -0.05) is 6.07 Å². The summed E-state index contributed by atoms with van der Waals surface area (Å²) < 4.78 is 24.8. The Bertz CT molecular complexity index is 609. The summed E-state index contributed by atoms with van der Waals surface area (Å²) in [7, 11) is 3.29. The summed E-state index contributed by atoms with van der Waals surface area (Å²) in [6.45, 7) is 0.340. The molecule has 2 rings (SSSR count). The third-order valence-electron chi connectivity index (χ3n) is 2.82. The van der Waals surface area contributed by atoms with Gasteiger partial charge in [-0.15, -0.1) is 0 Å². The number of nitrogens with one attached hydrogen (secondary N) is 2. The minimum absolute atomic E-state index is 0.183. The Morgan fingerprint density at radius 2 is 2.14 bits per heavy atom. The van der Waals surface area contributed by atoms with Gasteiger partial charge in [0.1, 0.15) is 17.1 Å². The molecule has 0 aliphatic heterocycles. The van der Waals surface area contributed by atoms with Crippen molar-refractivity contribution < 1.29 is 13.6 Å². The van der Waals surface area contributed by atoms with Crippen LogP contribution in [0.1, 0.15) is 28.0 Å². The third kappa shape index (κ3) is 3.53. The first-order valence-electron chi connectivity index (χ1n) is 6.21. The number of aromatic nitrogens is 3. The molecule has 0 radical (unpaired) electrons. The smallest absolute Gasteiger partial charge is 0.280 e. The second-order valence-electron chi connectivity index (χ2n) is 4.60. The van der Waals surface area contributed by atoms with Crippen molar-refractivity contribution in [3.63, 3.8) is 0 Å². The maximum Gasteiger partial charge on any atom is 0.280 e. The fourth-order valence-electron chi connectivity index (χ4n) is 1.68. The minimum atomic E-state index is -2.58. The number of nitrogens with zero attached hydrogens (tertiary/aromatic N) is 3. The number of carbonyl (C=O) groups is 1. The molecule has 2 aromatic rings. The van der Waals surface area contributed by atoms with E-state index in [9.17, 15) is 13.6 Å². The molecule has 0 bridgehead atoms. The molecule has 0 aliphatic rings. The number of halogens is 2. The molecule has 0 fully saturated rings. The summed E-state index contributed by atoms with van der Waals surface area (Å²) in [6.07, 6.45) is 0.227. The molecular formula is C13H15F2N5O. The molecule has 0 aromatic carbocycles. The standard InChI is InChI=1S/C13H15F2N5O/c1-20(2)13(21)9-7-18-19-12(9)17-6-8-3-4-10(11(14)15)16-5-8/h3-5,7,11H,6H2,1-2H3,(H2,17,18,19). The lowest BCUT2D eigenvalue weighted by Gasteiger charge is -2.11. The van der Waals surface area contributed by atoms with E-state index in [4.69, 9.17) is 0 Å². The molecular weight excluding hydrogens is 280 g/mol. The highest BCUT2D eigenvalue weighted by molar-refractivity contribution is 5.98. The Morgan fingerprint density at radius 3 is 2.71 bits per heavy atom. The van der Waals surface area contributed by atoms with Crippen molar-refractivity contribution in [2.45, 2.75) is 13.0 Å². The van der Waals surface area contributed by atoms with Crippen LogP contribution in [0.15, 0.2) is 24.5 Å². The number of pyridine rings is 1. The highest BCUT2D eigenvalue weighted by atomic mass is 19.3. The first-order valence-corrected chi connectivity index (χ1v) is 6.21. The van der Waals surface area contributed by atoms with Crippen molar-refractivity contribution in [2.75, 3.05) is 19.4 Å². The Labute approximate surface area is 120 Å². The van der Waals surface area contributed by atoms with Gasteiger partial charge in [0.05, 0.1) is 6.20 Å². The number of rotatable bonds is 5. The topological polar surface area (TPSA) is 73.9 Å². The van der Waals surface area contributed by atoms with E-state index in [1.807, 2.05) is 0 Å². The van der Waals surface area contributed by atoms with Crippen molar-refractivity contribution in [1.29, 1.82) is 0 Å². The van der Waals surface area contributed by atoms with Crippen molar-refractivity contribution in [3.8, 4) is 0 Å². The van der Waals surface area contributed by atoms with Gasteiger partial charge < -0.3 is 10.2 Å². The molecule has 0 unspecified atom stereocenters. The molecule has 0 spiro atoms. The quantitative estimate of drug-likeness (QED) is 0.885. The summed E-state index contributed by atoms with van der Waals surface area (Å²) in [5, 5.41) is 9.52. The molecule has 6 nitrogen and oxygen atoms in total. The zero-order valence-corrected chi connectivity index (χ0v) is 11.6. The molecule has 2 heterocycles. The predicted molar refractivity (Wildman–Crippen MR) is 73.1 cm³/mol. The second-order valence-corrected chi connectivity index (χ2v) is 4.60. The van der Waals surface area contributed by atoms with E-state index in [0.717, 1.165) is 5.56 Å². The molecule has 0 saturated carbocycles. The molecule has 2 N–H and O–H groups in total. The number of aromatic amines is 1. The van der Waals surface area contributed by atoms with Crippen LogP contribution >= 0.6 is 0 Å². The number of anilines is 1. The van der Waals surface area contributed by atoms with Gasteiger partial charge in [-0.05, 0) is 11.6 Å². The average molecular weight is 295 g/mol. The third-order valence-corrected chi connectivity index (χ3v) is 2.82. The van der Waals surface area contributed by atoms with E-state index in [0.29, 0.717) is 17.9 Å². The maximum absolute atomic E-state index is 12.4. The molecule has 1 amide bonds. The van der Waals surface area contributed by atoms with E-state index >= 15 is 0 Å². The van der Waals surface area contributed by atoms with Crippen LogP contribution in [0.25, 0.3) is 0 Å². The molecule has 2 aromatic heterocycles. The Morgan fingerprint density at radius 1 is 1.38 bits per heavy atom. The number of hydrogen-bond donors (Lipinski definition) is 2. The van der Waals surface area contributed by atoms with Crippen molar-refractivity contribution in [3.05, 3.63) is 41.3 Å². The van der Waals surface area contributed by atoms with Crippen LogP contribution in [0.4, 0.5) is 14.6 Å². The number of H-pyrrole nitrogens is 1. The zero-order chi connectivity index (χ0) is 15.4. The Balaban J connectivity index is 2.03. The number of hydrogen-bond acceptors (Lipinski definition) is 4. The van der Waals surface area contributed by atoms with E-state index in [1.165, 1.54) is 23.4 Å². The predicted octanol–water partition coefficient (Wildman–Crippen LogP) is 2.06. The minimum Gasteiger partial charge on any atom is -0.366 e. The molecule has 0 saturated heterocycles. The van der Waals surface area contributed by atoms with Gasteiger partial charge in [-0.2, -0.15) is 5.10 Å². The first kappa shape index (κ1) is 14.9. The fraction of sp³-hybridized carbons (Fsp3) is 0.308. The van der Waals surface area contributed by atoms with Gasteiger partial charge in [0.2, 0.25) is 0 Å².